The average molecular weight is 215 g/mol. The zero-order chi connectivity index (χ0) is 9.61. The van der Waals surface area contributed by atoms with Crippen molar-refractivity contribution in [2.45, 2.75) is 32.8 Å². The minimum Gasteiger partial charge on any atom is -0.377 e. The van der Waals surface area contributed by atoms with Crippen LogP contribution in [0.15, 0.2) is 0 Å². The minimum absolute atomic E-state index is 0.109. The van der Waals surface area contributed by atoms with E-state index in [4.69, 9.17) is 15.4 Å². The molecular formula is C7H15ClO3S. The van der Waals surface area contributed by atoms with Crippen LogP contribution in [0, 0.1) is 0 Å². The largest absolute Gasteiger partial charge is 0.377 e. The summed E-state index contributed by atoms with van der Waals surface area (Å²) in [5, 5.41) is 0. The van der Waals surface area contributed by atoms with Crippen LogP contribution >= 0.6 is 10.7 Å². The topological polar surface area (TPSA) is 43.4 Å². The maximum Gasteiger partial charge on any atom is 0.234 e. The van der Waals surface area contributed by atoms with Crippen LogP contribution in [-0.2, 0) is 13.8 Å². The Balaban J connectivity index is 3.44. The summed E-state index contributed by atoms with van der Waals surface area (Å²) in [4.78, 5) is 0. The molecule has 3 nitrogen and oxygen atoms in total. The monoisotopic (exact) mass is 214 g/mol. The molecule has 0 amide bonds. The van der Waals surface area contributed by atoms with Crippen LogP contribution < -0.4 is 0 Å². The molecule has 0 saturated heterocycles. The third-order valence-electron chi connectivity index (χ3n) is 1.42. The Morgan fingerprint density at radius 2 is 2.08 bits per heavy atom. The molecule has 0 radical (unpaired) electrons. The molecule has 0 aliphatic carbocycles. The fourth-order valence-electron chi connectivity index (χ4n) is 0.839. The van der Waals surface area contributed by atoms with Gasteiger partial charge in [0, 0.05) is 10.7 Å². The van der Waals surface area contributed by atoms with Gasteiger partial charge in [0.1, 0.15) is 0 Å². The van der Waals surface area contributed by atoms with Crippen molar-refractivity contribution >= 4 is 19.7 Å². The maximum atomic E-state index is 10.5. The van der Waals surface area contributed by atoms with E-state index in [1.807, 2.05) is 6.92 Å². The second-order valence-electron chi connectivity index (χ2n) is 2.71. The lowest BCUT2D eigenvalue weighted by Crippen LogP contribution is -2.13. The van der Waals surface area contributed by atoms with Crippen LogP contribution in [0.5, 0.6) is 0 Å². The maximum absolute atomic E-state index is 10.5. The summed E-state index contributed by atoms with van der Waals surface area (Å²) in [6.45, 7) is 4.16. The van der Waals surface area contributed by atoms with Gasteiger partial charge in [0.25, 0.3) is 0 Å². The van der Waals surface area contributed by atoms with Crippen LogP contribution in [0.1, 0.15) is 26.7 Å². The summed E-state index contributed by atoms with van der Waals surface area (Å²) in [6.07, 6.45) is 2.10. The zero-order valence-corrected chi connectivity index (χ0v) is 8.99. The summed E-state index contributed by atoms with van der Waals surface area (Å²) in [5.41, 5.74) is 0. The summed E-state index contributed by atoms with van der Waals surface area (Å²) in [7, 11) is 1.60. The van der Waals surface area contributed by atoms with E-state index in [-0.39, 0.29) is 18.5 Å². The molecule has 0 aromatic heterocycles. The molecule has 1 unspecified atom stereocenters. The van der Waals surface area contributed by atoms with Gasteiger partial charge >= 0.3 is 0 Å². The van der Waals surface area contributed by atoms with Gasteiger partial charge in [0.05, 0.1) is 18.5 Å². The Morgan fingerprint density at radius 1 is 1.50 bits per heavy atom. The molecule has 12 heavy (non-hydrogen) atoms. The Morgan fingerprint density at radius 3 is 2.50 bits per heavy atom. The van der Waals surface area contributed by atoms with E-state index >= 15 is 0 Å². The Hall–Kier alpha value is 0.200. The smallest absolute Gasteiger partial charge is 0.234 e. The van der Waals surface area contributed by atoms with Crippen LogP contribution in [0.3, 0.4) is 0 Å². The molecule has 0 bridgehead atoms. The summed E-state index contributed by atoms with van der Waals surface area (Å²) < 4.78 is 26.1. The van der Waals surface area contributed by atoms with Crippen molar-refractivity contribution in [2.75, 3.05) is 12.4 Å². The summed E-state index contributed by atoms with van der Waals surface area (Å²) in [6, 6.07) is 0. The van der Waals surface area contributed by atoms with Gasteiger partial charge in [-0.2, -0.15) is 0 Å². The molecule has 0 fully saturated rings. The molecule has 0 aromatic carbocycles. The van der Waals surface area contributed by atoms with Crippen molar-refractivity contribution in [3.8, 4) is 0 Å². The Kier molecular flexibility index (Phi) is 5.88. The normalized spacial score (nSPS) is 14.6. The van der Waals surface area contributed by atoms with E-state index in [0.717, 1.165) is 12.8 Å². The SMILES string of the molecule is CCCC(C)OCCS(=O)(=O)Cl. The van der Waals surface area contributed by atoms with Gasteiger partial charge in [-0.1, -0.05) is 13.3 Å². The molecule has 74 valence electrons. The highest BCUT2D eigenvalue weighted by Crippen LogP contribution is 2.02. The Bertz CT molecular complexity index is 201. The second-order valence-corrected chi connectivity index (χ2v) is 5.61. The molecule has 0 rings (SSSR count). The standard InChI is InChI=1S/C7H15ClO3S/c1-3-4-7(2)11-5-6-12(8,9)10/h7H,3-6H2,1-2H3. The predicted molar refractivity (Wildman–Crippen MR) is 50.0 cm³/mol. The predicted octanol–water partition coefficient (Wildman–Crippen LogP) is 1.76. The summed E-state index contributed by atoms with van der Waals surface area (Å²) in [5.74, 6) is -0.109. The first kappa shape index (κ1) is 12.2. The number of hydrogen-bond acceptors (Lipinski definition) is 3. The number of hydrogen-bond donors (Lipinski definition) is 0. The van der Waals surface area contributed by atoms with Crippen molar-refractivity contribution in [1.29, 1.82) is 0 Å². The van der Waals surface area contributed by atoms with E-state index in [1.54, 1.807) is 0 Å². The molecule has 0 aliphatic heterocycles. The van der Waals surface area contributed by atoms with Crippen molar-refractivity contribution < 1.29 is 13.2 Å². The van der Waals surface area contributed by atoms with Gasteiger partial charge in [-0.25, -0.2) is 8.42 Å². The molecule has 0 aromatic rings. The molecule has 0 aliphatic rings. The van der Waals surface area contributed by atoms with E-state index in [2.05, 4.69) is 6.92 Å². The van der Waals surface area contributed by atoms with E-state index in [1.165, 1.54) is 0 Å². The fraction of sp³-hybridized carbons (Fsp3) is 1.00. The van der Waals surface area contributed by atoms with Crippen molar-refractivity contribution in [2.24, 2.45) is 0 Å². The summed E-state index contributed by atoms with van der Waals surface area (Å²) >= 11 is 0. The third-order valence-corrected chi connectivity index (χ3v) is 2.54. The van der Waals surface area contributed by atoms with Gasteiger partial charge in [0.15, 0.2) is 0 Å². The molecule has 5 heteroatoms. The second kappa shape index (κ2) is 5.78. The van der Waals surface area contributed by atoms with Gasteiger partial charge in [-0.15, -0.1) is 0 Å². The molecular weight excluding hydrogens is 200 g/mol. The first-order valence-corrected chi connectivity index (χ1v) is 6.47. The fourth-order valence-corrected chi connectivity index (χ4v) is 1.32. The van der Waals surface area contributed by atoms with Crippen LogP contribution in [0.25, 0.3) is 0 Å². The molecule has 1 atom stereocenters. The quantitative estimate of drug-likeness (QED) is 0.633. The molecule has 0 N–H and O–H groups in total. The zero-order valence-electron chi connectivity index (χ0n) is 7.42. The van der Waals surface area contributed by atoms with E-state index < -0.39 is 9.05 Å². The Labute approximate surface area is 78.5 Å². The highest BCUT2D eigenvalue weighted by Gasteiger charge is 2.06. The number of halogens is 1. The lowest BCUT2D eigenvalue weighted by atomic mass is 10.2. The van der Waals surface area contributed by atoms with Gasteiger partial charge < -0.3 is 4.74 Å². The highest BCUT2D eigenvalue weighted by atomic mass is 35.7. The van der Waals surface area contributed by atoms with Crippen LogP contribution in [0.4, 0.5) is 0 Å². The van der Waals surface area contributed by atoms with Crippen LogP contribution in [-0.4, -0.2) is 26.9 Å². The van der Waals surface area contributed by atoms with Gasteiger partial charge in [0.2, 0.25) is 9.05 Å². The van der Waals surface area contributed by atoms with Crippen molar-refractivity contribution in [1.82, 2.24) is 0 Å². The first-order chi connectivity index (χ1) is 5.45. The number of rotatable bonds is 6. The average Bonchev–Trinajstić information content (AvgIpc) is 1.84. The molecule has 0 spiro atoms. The third kappa shape index (κ3) is 8.30. The van der Waals surface area contributed by atoms with Crippen LogP contribution in [0.2, 0.25) is 0 Å². The van der Waals surface area contributed by atoms with Crippen molar-refractivity contribution in [3.05, 3.63) is 0 Å². The van der Waals surface area contributed by atoms with Crippen molar-refractivity contribution in [3.63, 3.8) is 0 Å². The lowest BCUT2D eigenvalue weighted by Gasteiger charge is -2.10. The van der Waals surface area contributed by atoms with E-state index in [9.17, 15) is 8.42 Å². The highest BCUT2D eigenvalue weighted by molar-refractivity contribution is 8.13. The van der Waals surface area contributed by atoms with E-state index in [0.29, 0.717) is 0 Å². The first-order valence-electron chi connectivity index (χ1n) is 3.99. The van der Waals surface area contributed by atoms with Gasteiger partial charge in [-0.3, -0.25) is 0 Å². The molecule has 0 heterocycles. The minimum atomic E-state index is -3.39. The van der Waals surface area contributed by atoms with Gasteiger partial charge in [-0.05, 0) is 13.3 Å². The number of ether oxygens (including phenoxy) is 1. The lowest BCUT2D eigenvalue weighted by molar-refractivity contribution is 0.0712. The molecule has 0 saturated carbocycles.